The average molecular weight is 567 g/mol. The standard InChI is InChI=1S/C40H30N4/c1-40(2,3)23-16-17-30-31(18-23)39-22-37-29-15-9-8-14-28(29)35(43-37)20-33-25-11-5-4-10-24(25)32(41-33)19-34-26-12-6-7-13-27(26)36(42-34)21-38(30)44-39/h4-22,42-43H,1-3H3. The van der Waals surface area contributed by atoms with Crippen LogP contribution >= 0.6 is 0 Å². The van der Waals surface area contributed by atoms with Crippen molar-refractivity contribution in [3.8, 4) is 45.0 Å². The Morgan fingerprint density at radius 1 is 0.409 bits per heavy atom. The Morgan fingerprint density at radius 3 is 1.18 bits per heavy atom. The molecule has 0 aliphatic carbocycles. The first kappa shape index (κ1) is 25.1. The molecule has 44 heavy (non-hydrogen) atoms. The highest BCUT2D eigenvalue weighted by atomic mass is 14.8. The van der Waals surface area contributed by atoms with Crippen LogP contribution in [0, 0.1) is 0 Å². The van der Waals surface area contributed by atoms with E-state index in [1.165, 1.54) is 21.7 Å². The van der Waals surface area contributed by atoms with Gasteiger partial charge in [0, 0.05) is 65.9 Å². The van der Waals surface area contributed by atoms with Gasteiger partial charge in [-0.25, -0.2) is 9.97 Å². The van der Waals surface area contributed by atoms with E-state index in [4.69, 9.17) is 9.97 Å². The van der Waals surface area contributed by atoms with Gasteiger partial charge < -0.3 is 9.97 Å². The smallest absolute Gasteiger partial charge is 0.0737 e. The summed E-state index contributed by atoms with van der Waals surface area (Å²) in [5.41, 5.74) is 13.9. The van der Waals surface area contributed by atoms with E-state index in [9.17, 15) is 0 Å². The highest BCUT2D eigenvalue weighted by molar-refractivity contribution is 6.10. The van der Waals surface area contributed by atoms with Crippen molar-refractivity contribution in [3.05, 3.63) is 121 Å². The Labute approximate surface area is 255 Å². The summed E-state index contributed by atoms with van der Waals surface area (Å²) in [6.07, 6.45) is 0. The molecule has 0 saturated carbocycles. The fourth-order valence-corrected chi connectivity index (χ4v) is 6.78. The molecule has 3 aromatic heterocycles. The first-order chi connectivity index (χ1) is 21.4. The second kappa shape index (κ2) is 9.01. The maximum Gasteiger partial charge on any atom is 0.0737 e. The fourth-order valence-electron chi connectivity index (χ4n) is 6.78. The Hall–Kier alpha value is -5.48. The molecule has 0 radical (unpaired) electrons. The van der Waals surface area contributed by atoms with Crippen LogP contribution in [0.4, 0.5) is 0 Å². The molecule has 0 amide bonds. The van der Waals surface area contributed by atoms with Gasteiger partial charge in [0.15, 0.2) is 0 Å². The number of aromatic nitrogens is 4. The van der Waals surface area contributed by atoms with Crippen molar-refractivity contribution in [1.29, 1.82) is 0 Å². The summed E-state index contributed by atoms with van der Waals surface area (Å²) in [7, 11) is 0. The number of fused-ring (bicyclic) bond motifs is 20. The van der Waals surface area contributed by atoms with Crippen molar-refractivity contribution < 1.29 is 0 Å². The second-order valence-corrected chi connectivity index (χ2v) is 12.9. The van der Waals surface area contributed by atoms with Crippen LogP contribution in [-0.4, -0.2) is 19.9 Å². The van der Waals surface area contributed by atoms with Crippen LogP contribution in [0.15, 0.2) is 115 Å². The number of nitrogens with one attached hydrogen (secondary N) is 2. The molecule has 7 aromatic rings. The normalized spacial score (nSPS) is 12.4. The van der Waals surface area contributed by atoms with E-state index in [1.54, 1.807) is 0 Å². The van der Waals surface area contributed by atoms with Gasteiger partial charge in [0.25, 0.3) is 0 Å². The zero-order valence-electron chi connectivity index (χ0n) is 24.9. The second-order valence-electron chi connectivity index (χ2n) is 12.9. The van der Waals surface area contributed by atoms with Crippen molar-refractivity contribution >= 4 is 43.6 Å². The summed E-state index contributed by atoms with van der Waals surface area (Å²) >= 11 is 0. The third-order valence-electron chi connectivity index (χ3n) is 9.08. The summed E-state index contributed by atoms with van der Waals surface area (Å²) in [6, 6.07) is 41.2. The summed E-state index contributed by atoms with van der Waals surface area (Å²) < 4.78 is 0. The summed E-state index contributed by atoms with van der Waals surface area (Å²) in [5.74, 6) is 0. The molecule has 0 saturated heterocycles. The molecule has 0 spiro atoms. The summed E-state index contributed by atoms with van der Waals surface area (Å²) in [4.78, 5) is 18.0. The molecule has 210 valence electrons. The van der Waals surface area contributed by atoms with E-state index in [-0.39, 0.29) is 5.41 Å². The van der Waals surface area contributed by atoms with Gasteiger partial charge in [-0.2, -0.15) is 0 Å². The number of hydrogen-bond donors (Lipinski definition) is 2. The minimum atomic E-state index is 0.0253. The highest BCUT2D eigenvalue weighted by Crippen LogP contribution is 2.41. The van der Waals surface area contributed by atoms with Gasteiger partial charge in [0.2, 0.25) is 0 Å². The maximum absolute atomic E-state index is 5.30. The Bertz CT molecular complexity index is 2480. The lowest BCUT2D eigenvalue weighted by Gasteiger charge is -2.19. The van der Waals surface area contributed by atoms with Crippen LogP contribution in [0.1, 0.15) is 26.3 Å². The van der Waals surface area contributed by atoms with Crippen LogP contribution in [0.5, 0.6) is 0 Å². The molecule has 4 heteroatoms. The molecule has 4 aromatic carbocycles. The minimum Gasteiger partial charge on any atom is -0.354 e. The predicted molar refractivity (Wildman–Crippen MR) is 184 cm³/mol. The molecule has 0 fully saturated rings. The zero-order chi connectivity index (χ0) is 29.6. The molecule has 2 aliphatic rings. The summed E-state index contributed by atoms with van der Waals surface area (Å²) in [6.45, 7) is 6.79. The lowest BCUT2D eigenvalue weighted by molar-refractivity contribution is 0.590. The van der Waals surface area contributed by atoms with Gasteiger partial charge in [0.1, 0.15) is 0 Å². The van der Waals surface area contributed by atoms with E-state index in [0.29, 0.717) is 0 Å². The quantitative estimate of drug-likeness (QED) is 0.192. The van der Waals surface area contributed by atoms with Crippen molar-refractivity contribution in [2.75, 3.05) is 0 Å². The Balaban J connectivity index is 1.48. The average Bonchev–Trinajstić information content (AvgIpc) is 3.76. The van der Waals surface area contributed by atoms with E-state index >= 15 is 0 Å². The molecule has 8 bridgehead atoms. The maximum atomic E-state index is 5.30. The minimum absolute atomic E-state index is 0.0253. The topological polar surface area (TPSA) is 57.4 Å². The third kappa shape index (κ3) is 3.77. The Morgan fingerprint density at radius 2 is 0.773 bits per heavy atom. The molecule has 5 heterocycles. The molecular weight excluding hydrogens is 536 g/mol. The lowest BCUT2D eigenvalue weighted by Crippen LogP contribution is -2.10. The number of H-pyrrole nitrogens is 2. The molecule has 0 atom stereocenters. The van der Waals surface area contributed by atoms with E-state index in [1.807, 2.05) is 0 Å². The number of benzene rings is 4. The summed E-state index contributed by atoms with van der Waals surface area (Å²) in [5, 5.41) is 4.66. The molecular formula is C40H30N4. The van der Waals surface area contributed by atoms with Crippen LogP contribution in [0.25, 0.3) is 88.6 Å². The largest absolute Gasteiger partial charge is 0.354 e. The zero-order valence-corrected chi connectivity index (χ0v) is 24.9. The molecule has 9 rings (SSSR count). The van der Waals surface area contributed by atoms with Gasteiger partial charge in [-0.05, 0) is 41.3 Å². The van der Waals surface area contributed by atoms with E-state index in [2.05, 4.69) is 146 Å². The van der Waals surface area contributed by atoms with Crippen molar-refractivity contribution in [3.63, 3.8) is 0 Å². The molecule has 0 unspecified atom stereocenters. The monoisotopic (exact) mass is 566 g/mol. The van der Waals surface area contributed by atoms with Gasteiger partial charge in [-0.1, -0.05) is 106 Å². The first-order valence-corrected chi connectivity index (χ1v) is 15.2. The van der Waals surface area contributed by atoms with Gasteiger partial charge in [-0.3, -0.25) is 0 Å². The van der Waals surface area contributed by atoms with Gasteiger partial charge in [-0.15, -0.1) is 0 Å². The highest BCUT2D eigenvalue weighted by Gasteiger charge is 2.22. The number of aromatic amines is 2. The fraction of sp³-hybridized carbons (Fsp3) is 0.100. The molecule has 4 nitrogen and oxygen atoms in total. The van der Waals surface area contributed by atoms with Gasteiger partial charge in [0.05, 0.1) is 22.8 Å². The van der Waals surface area contributed by atoms with Crippen LogP contribution < -0.4 is 0 Å². The van der Waals surface area contributed by atoms with E-state index in [0.717, 1.165) is 72.5 Å². The van der Waals surface area contributed by atoms with Crippen molar-refractivity contribution in [2.45, 2.75) is 26.2 Å². The third-order valence-corrected chi connectivity index (χ3v) is 9.08. The lowest BCUT2D eigenvalue weighted by atomic mass is 9.85. The van der Waals surface area contributed by atoms with E-state index < -0.39 is 0 Å². The van der Waals surface area contributed by atoms with Crippen LogP contribution in [0.3, 0.4) is 0 Å². The number of hydrogen-bond acceptors (Lipinski definition) is 2. The SMILES string of the molecule is CC(C)(C)c1ccc2c(c1)-c1cc3[nH]c(cc4nc(cc5[nH]c(cc-2n1)c1ccccc51)-c1ccccc1-4)c1ccccc31. The first-order valence-electron chi connectivity index (χ1n) is 15.2. The number of rotatable bonds is 0. The number of nitrogens with zero attached hydrogens (tertiary/aromatic N) is 2. The van der Waals surface area contributed by atoms with Crippen molar-refractivity contribution in [1.82, 2.24) is 19.9 Å². The predicted octanol–water partition coefficient (Wildman–Crippen LogP) is 10.6. The van der Waals surface area contributed by atoms with Crippen LogP contribution in [-0.2, 0) is 5.41 Å². The van der Waals surface area contributed by atoms with Gasteiger partial charge >= 0.3 is 0 Å². The Kier molecular flexibility index (Phi) is 5.13. The van der Waals surface area contributed by atoms with Crippen LogP contribution in [0.2, 0.25) is 0 Å². The molecule has 2 N–H and O–H groups in total. The van der Waals surface area contributed by atoms with Crippen molar-refractivity contribution in [2.24, 2.45) is 0 Å². The molecule has 2 aliphatic heterocycles.